The van der Waals surface area contributed by atoms with Gasteiger partial charge in [-0.15, -0.1) is 0 Å². The Labute approximate surface area is 183 Å². The number of aliphatic imine (C=N–C) groups is 1. The topological polar surface area (TPSA) is 117 Å². The Morgan fingerprint density at radius 1 is 1.23 bits per heavy atom. The molecular weight excluding hydrogens is 416 g/mol. The molecular formula is C21H30N6O3S. The van der Waals surface area contributed by atoms with Crippen LogP contribution in [-0.4, -0.2) is 60.7 Å². The molecule has 10 heteroatoms. The van der Waals surface area contributed by atoms with Gasteiger partial charge in [-0.1, -0.05) is 24.3 Å². The van der Waals surface area contributed by atoms with E-state index in [1.807, 2.05) is 36.0 Å². The Balaban J connectivity index is 1.51. The van der Waals surface area contributed by atoms with E-state index in [1.165, 1.54) is 0 Å². The van der Waals surface area contributed by atoms with E-state index in [2.05, 4.69) is 38.2 Å². The van der Waals surface area contributed by atoms with Crippen LogP contribution in [0.15, 0.2) is 47.7 Å². The number of sulfone groups is 1. The number of nitrogens with one attached hydrogen (secondary N) is 3. The van der Waals surface area contributed by atoms with Gasteiger partial charge in [0, 0.05) is 37.9 Å². The van der Waals surface area contributed by atoms with E-state index in [0.29, 0.717) is 38.6 Å². The van der Waals surface area contributed by atoms with E-state index in [-0.39, 0.29) is 29.9 Å². The predicted octanol–water partition coefficient (Wildman–Crippen LogP) is 0.680. The Bertz CT molecular complexity index is 988. The molecule has 0 aliphatic carbocycles. The van der Waals surface area contributed by atoms with Crippen LogP contribution in [0.2, 0.25) is 0 Å². The summed E-state index contributed by atoms with van der Waals surface area (Å²) in [4.78, 5) is 16.8. The number of nitrogens with zero attached hydrogens (tertiary/aromatic N) is 3. The van der Waals surface area contributed by atoms with E-state index >= 15 is 0 Å². The van der Waals surface area contributed by atoms with Crippen molar-refractivity contribution in [1.82, 2.24) is 25.7 Å². The molecule has 0 spiro atoms. The van der Waals surface area contributed by atoms with Crippen LogP contribution in [0.5, 0.6) is 0 Å². The largest absolute Gasteiger partial charge is 0.357 e. The van der Waals surface area contributed by atoms with E-state index in [1.54, 1.807) is 6.20 Å². The molecule has 2 heterocycles. The quantitative estimate of drug-likeness (QED) is 0.385. The van der Waals surface area contributed by atoms with Crippen molar-refractivity contribution in [3.05, 3.63) is 53.9 Å². The minimum Gasteiger partial charge on any atom is -0.357 e. The minimum atomic E-state index is -3.00. The number of carbonyl (C=O) groups is 1. The molecule has 1 amide bonds. The molecule has 1 fully saturated rings. The lowest BCUT2D eigenvalue weighted by Gasteiger charge is -2.14. The molecule has 0 radical (unpaired) electrons. The van der Waals surface area contributed by atoms with E-state index < -0.39 is 9.84 Å². The maximum absolute atomic E-state index is 12.1. The summed E-state index contributed by atoms with van der Waals surface area (Å²) in [6, 6.07) is 9.74. The number of carbonyl (C=O) groups excluding carboxylic acids is 1. The highest BCUT2D eigenvalue weighted by atomic mass is 32.2. The molecule has 1 aliphatic rings. The molecule has 3 N–H and O–H groups in total. The van der Waals surface area contributed by atoms with Gasteiger partial charge in [0.1, 0.15) is 0 Å². The second kappa shape index (κ2) is 10.9. The summed E-state index contributed by atoms with van der Waals surface area (Å²) in [7, 11) is -3.00. The third kappa shape index (κ3) is 7.39. The lowest BCUT2D eigenvalue weighted by Crippen LogP contribution is -2.41. The fourth-order valence-electron chi connectivity index (χ4n) is 3.44. The molecule has 168 valence electrons. The van der Waals surface area contributed by atoms with Crippen LogP contribution in [-0.2, 0) is 27.7 Å². The number of rotatable bonds is 9. The standard InChI is InChI=1S/C21H30N6O3S/c1-2-22-21(23-11-8-20(28)26-19-9-13-31(29,30)16-19)24-14-17-6-3-4-7-18(17)15-27-12-5-10-25-27/h3-7,10,12,19H,2,8-9,11,13-16H2,1H3,(H,26,28)(H2,22,23,24). The maximum atomic E-state index is 12.1. The molecule has 1 unspecified atom stereocenters. The SMILES string of the molecule is CCNC(=NCc1ccccc1Cn1cccn1)NCCC(=O)NC1CCS(=O)(=O)C1. The van der Waals surface area contributed by atoms with Crippen LogP contribution in [0.3, 0.4) is 0 Å². The van der Waals surface area contributed by atoms with Gasteiger partial charge in [-0.05, 0) is 30.5 Å². The molecule has 0 bridgehead atoms. The van der Waals surface area contributed by atoms with Gasteiger partial charge in [-0.2, -0.15) is 5.10 Å². The normalized spacial score (nSPS) is 18.0. The maximum Gasteiger partial charge on any atom is 0.222 e. The monoisotopic (exact) mass is 446 g/mol. The van der Waals surface area contributed by atoms with Crippen LogP contribution in [0.25, 0.3) is 0 Å². The van der Waals surface area contributed by atoms with Crippen molar-refractivity contribution in [2.24, 2.45) is 4.99 Å². The molecule has 2 aromatic rings. The Morgan fingerprint density at radius 2 is 2.03 bits per heavy atom. The highest BCUT2D eigenvalue weighted by molar-refractivity contribution is 7.91. The highest BCUT2D eigenvalue weighted by Crippen LogP contribution is 2.12. The lowest BCUT2D eigenvalue weighted by molar-refractivity contribution is -0.121. The highest BCUT2D eigenvalue weighted by Gasteiger charge is 2.28. The van der Waals surface area contributed by atoms with Crippen molar-refractivity contribution >= 4 is 21.7 Å². The smallest absolute Gasteiger partial charge is 0.222 e. The molecule has 1 aliphatic heterocycles. The van der Waals surface area contributed by atoms with Gasteiger partial charge in [-0.25, -0.2) is 13.4 Å². The number of guanidine groups is 1. The molecule has 1 atom stereocenters. The fraction of sp³-hybridized carbons (Fsp3) is 0.476. The van der Waals surface area contributed by atoms with Gasteiger partial charge in [0.15, 0.2) is 15.8 Å². The number of aromatic nitrogens is 2. The van der Waals surface area contributed by atoms with E-state index in [4.69, 9.17) is 0 Å². The molecule has 9 nitrogen and oxygen atoms in total. The molecule has 31 heavy (non-hydrogen) atoms. The van der Waals surface area contributed by atoms with Crippen molar-refractivity contribution in [2.75, 3.05) is 24.6 Å². The second-order valence-electron chi connectivity index (χ2n) is 7.51. The third-order valence-electron chi connectivity index (χ3n) is 5.00. The first kappa shape index (κ1) is 22.8. The minimum absolute atomic E-state index is 0.0359. The van der Waals surface area contributed by atoms with Gasteiger partial charge in [0.05, 0.1) is 24.6 Å². The number of hydrogen-bond acceptors (Lipinski definition) is 5. The Morgan fingerprint density at radius 3 is 2.71 bits per heavy atom. The van der Waals surface area contributed by atoms with Crippen molar-refractivity contribution < 1.29 is 13.2 Å². The summed E-state index contributed by atoms with van der Waals surface area (Å²) >= 11 is 0. The van der Waals surface area contributed by atoms with Crippen LogP contribution in [0.4, 0.5) is 0 Å². The molecule has 3 rings (SSSR count). The second-order valence-corrected chi connectivity index (χ2v) is 9.74. The summed E-state index contributed by atoms with van der Waals surface area (Å²) in [5, 5.41) is 13.4. The summed E-state index contributed by atoms with van der Waals surface area (Å²) in [6.07, 6.45) is 4.42. The summed E-state index contributed by atoms with van der Waals surface area (Å²) in [6.45, 7) is 4.27. The summed E-state index contributed by atoms with van der Waals surface area (Å²) in [5.41, 5.74) is 2.26. The van der Waals surface area contributed by atoms with Gasteiger partial charge >= 0.3 is 0 Å². The lowest BCUT2D eigenvalue weighted by atomic mass is 10.1. The van der Waals surface area contributed by atoms with Crippen molar-refractivity contribution in [2.45, 2.75) is 38.9 Å². The van der Waals surface area contributed by atoms with Crippen LogP contribution < -0.4 is 16.0 Å². The van der Waals surface area contributed by atoms with Crippen LogP contribution in [0, 0.1) is 0 Å². The van der Waals surface area contributed by atoms with E-state index in [9.17, 15) is 13.2 Å². The zero-order valence-corrected chi connectivity index (χ0v) is 18.6. The first-order valence-corrected chi connectivity index (χ1v) is 12.3. The first-order chi connectivity index (χ1) is 14.9. The zero-order chi connectivity index (χ0) is 22.1. The third-order valence-corrected chi connectivity index (χ3v) is 6.77. The summed E-state index contributed by atoms with van der Waals surface area (Å²) in [5.74, 6) is 0.659. The first-order valence-electron chi connectivity index (χ1n) is 10.5. The van der Waals surface area contributed by atoms with Crippen molar-refractivity contribution in [3.8, 4) is 0 Å². The average Bonchev–Trinajstić information content (AvgIpc) is 3.36. The molecule has 1 saturated heterocycles. The average molecular weight is 447 g/mol. The van der Waals surface area contributed by atoms with Crippen molar-refractivity contribution in [3.63, 3.8) is 0 Å². The van der Waals surface area contributed by atoms with Gasteiger partial charge in [0.25, 0.3) is 0 Å². The van der Waals surface area contributed by atoms with Crippen LogP contribution in [0.1, 0.15) is 30.9 Å². The Hall–Kier alpha value is -2.88. The van der Waals surface area contributed by atoms with E-state index in [0.717, 1.165) is 11.1 Å². The predicted molar refractivity (Wildman–Crippen MR) is 120 cm³/mol. The summed E-state index contributed by atoms with van der Waals surface area (Å²) < 4.78 is 24.9. The van der Waals surface area contributed by atoms with Gasteiger partial charge in [-0.3, -0.25) is 9.48 Å². The molecule has 1 aromatic heterocycles. The molecule has 1 aromatic carbocycles. The van der Waals surface area contributed by atoms with Crippen molar-refractivity contribution in [1.29, 1.82) is 0 Å². The Kier molecular flexibility index (Phi) is 8.05. The molecule has 0 saturated carbocycles. The fourth-order valence-corrected chi connectivity index (χ4v) is 5.12. The van der Waals surface area contributed by atoms with Gasteiger partial charge in [0.2, 0.25) is 5.91 Å². The van der Waals surface area contributed by atoms with Crippen LogP contribution >= 0.6 is 0 Å². The van der Waals surface area contributed by atoms with Gasteiger partial charge < -0.3 is 16.0 Å². The zero-order valence-electron chi connectivity index (χ0n) is 17.8. The number of hydrogen-bond donors (Lipinski definition) is 3. The number of amides is 1. The number of benzene rings is 1.